The van der Waals surface area contributed by atoms with E-state index >= 15 is 0 Å². The summed E-state index contributed by atoms with van der Waals surface area (Å²) in [6, 6.07) is 11.1. The lowest BCUT2D eigenvalue weighted by Gasteiger charge is -2.09. The number of nitrogens with zero attached hydrogens (tertiary/aromatic N) is 2. The Morgan fingerprint density at radius 2 is 1.44 bits per heavy atom. The number of hydrogen-bond donors (Lipinski definition) is 3. The molecule has 0 fully saturated rings. The van der Waals surface area contributed by atoms with Gasteiger partial charge in [0.05, 0.1) is 5.56 Å². The summed E-state index contributed by atoms with van der Waals surface area (Å²) < 4.78 is 26.2. The second-order valence-corrected chi connectivity index (χ2v) is 5.05. The molecule has 6 nitrogen and oxygen atoms in total. The Bertz CT molecular complexity index is 917. The highest BCUT2D eigenvalue weighted by Crippen LogP contribution is 2.21. The van der Waals surface area contributed by atoms with Gasteiger partial charge in [-0.15, -0.1) is 0 Å². The number of carboxylic acids is 1. The molecule has 0 aliphatic rings. The number of anilines is 4. The highest BCUT2D eigenvalue weighted by molar-refractivity contribution is 5.88. The minimum absolute atomic E-state index is 0.175. The molecule has 8 heteroatoms. The molecule has 0 saturated heterocycles. The summed E-state index contributed by atoms with van der Waals surface area (Å²) in [7, 11) is 0. The van der Waals surface area contributed by atoms with Crippen molar-refractivity contribution >= 4 is 29.0 Å². The van der Waals surface area contributed by atoms with E-state index in [0.717, 1.165) is 12.1 Å². The molecule has 0 atom stereocenters. The molecule has 0 radical (unpaired) electrons. The summed E-state index contributed by atoms with van der Waals surface area (Å²) in [5, 5.41) is 14.7. The van der Waals surface area contributed by atoms with Crippen molar-refractivity contribution in [3.63, 3.8) is 0 Å². The van der Waals surface area contributed by atoms with E-state index in [1.54, 1.807) is 18.2 Å². The molecule has 2 aromatic carbocycles. The molecule has 0 aliphatic heterocycles. The highest BCUT2D eigenvalue weighted by atomic mass is 19.2. The predicted molar refractivity (Wildman–Crippen MR) is 88.4 cm³/mol. The zero-order valence-corrected chi connectivity index (χ0v) is 12.7. The minimum Gasteiger partial charge on any atom is -0.478 e. The Morgan fingerprint density at radius 1 is 0.840 bits per heavy atom. The molecule has 25 heavy (non-hydrogen) atoms. The maximum absolute atomic E-state index is 13.2. The second-order valence-electron chi connectivity index (χ2n) is 5.05. The van der Waals surface area contributed by atoms with Crippen LogP contribution in [0.3, 0.4) is 0 Å². The van der Waals surface area contributed by atoms with Gasteiger partial charge >= 0.3 is 5.97 Å². The van der Waals surface area contributed by atoms with Crippen molar-refractivity contribution in [2.45, 2.75) is 0 Å². The average molecular weight is 342 g/mol. The van der Waals surface area contributed by atoms with Gasteiger partial charge in [-0.05, 0) is 36.4 Å². The molecule has 0 amide bonds. The van der Waals surface area contributed by atoms with Crippen molar-refractivity contribution < 1.29 is 18.7 Å². The van der Waals surface area contributed by atoms with Crippen LogP contribution < -0.4 is 10.6 Å². The number of aromatic carboxylic acids is 1. The van der Waals surface area contributed by atoms with Gasteiger partial charge in [-0.3, -0.25) is 0 Å². The zero-order chi connectivity index (χ0) is 17.8. The van der Waals surface area contributed by atoms with E-state index in [1.165, 1.54) is 24.5 Å². The zero-order valence-electron chi connectivity index (χ0n) is 12.7. The Labute approximate surface area is 141 Å². The number of hydrogen-bond acceptors (Lipinski definition) is 5. The van der Waals surface area contributed by atoms with E-state index in [2.05, 4.69) is 20.6 Å². The number of nitrogens with one attached hydrogen (secondary N) is 2. The van der Waals surface area contributed by atoms with Crippen LogP contribution in [0.1, 0.15) is 10.4 Å². The van der Waals surface area contributed by atoms with Crippen LogP contribution in [0.2, 0.25) is 0 Å². The molecule has 3 N–H and O–H groups in total. The van der Waals surface area contributed by atoms with Gasteiger partial charge in [0, 0.05) is 23.5 Å². The van der Waals surface area contributed by atoms with E-state index in [9.17, 15) is 13.6 Å². The highest BCUT2D eigenvalue weighted by Gasteiger charge is 2.05. The lowest BCUT2D eigenvalue weighted by atomic mass is 10.2. The fourth-order valence-electron chi connectivity index (χ4n) is 2.06. The van der Waals surface area contributed by atoms with Gasteiger partial charge < -0.3 is 15.7 Å². The van der Waals surface area contributed by atoms with Crippen LogP contribution in [-0.2, 0) is 0 Å². The van der Waals surface area contributed by atoms with Crippen molar-refractivity contribution in [2.24, 2.45) is 0 Å². The van der Waals surface area contributed by atoms with Crippen molar-refractivity contribution in [1.29, 1.82) is 0 Å². The van der Waals surface area contributed by atoms with Crippen LogP contribution in [0.4, 0.5) is 31.8 Å². The number of rotatable bonds is 5. The third-order valence-electron chi connectivity index (χ3n) is 3.26. The van der Waals surface area contributed by atoms with Gasteiger partial charge in [0.25, 0.3) is 0 Å². The van der Waals surface area contributed by atoms with Crippen LogP contribution in [0.15, 0.2) is 54.9 Å². The topological polar surface area (TPSA) is 87.1 Å². The summed E-state index contributed by atoms with van der Waals surface area (Å²) in [6.07, 6.45) is 1.30. The van der Waals surface area contributed by atoms with Gasteiger partial charge in [0.2, 0.25) is 0 Å². The van der Waals surface area contributed by atoms with E-state index in [0.29, 0.717) is 23.0 Å². The normalized spacial score (nSPS) is 10.3. The van der Waals surface area contributed by atoms with Crippen LogP contribution in [-0.4, -0.2) is 21.0 Å². The first-order chi connectivity index (χ1) is 12.0. The number of benzene rings is 2. The van der Waals surface area contributed by atoms with Crippen LogP contribution in [0.5, 0.6) is 0 Å². The summed E-state index contributed by atoms with van der Waals surface area (Å²) in [4.78, 5) is 18.9. The molecule has 0 saturated carbocycles. The lowest BCUT2D eigenvalue weighted by molar-refractivity contribution is 0.0697. The SMILES string of the molecule is O=C(O)c1ccc(Nc2cc(Nc3ccc(F)c(F)c3)ncn2)cc1. The number of carboxylic acid groups (broad SMARTS) is 1. The second kappa shape index (κ2) is 6.91. The number of aromatic nitrogens is 2. The standard InChI is InChI=1S/C17H12F2N4O2/c18-13-6-5-12(7-14(13)19)23-16-8-15(20-9-21-16)22-11-3-1-10(2-4-11)17(24)25/h1-9H,(H,24,25)(H2,20,21,22,23). The van der Waals surface area contributed by atoms with Gasteiger partial charge in [0.1, 0.15) is 18.0 Å². The first kappa shape index (κ1) is 16.3. The van der Waals surface area contributed by atoms with Crippen molar-refractivity contribution in [2.75, 3.05) is 10.6 Å². The van der Waals surface area contributed by atoms with E-state index < -0.39 is 17.6 Å². The summed E-state index contributed by atoms with van der Waals surface area (Å²) in [6.45, 7) is 0. The minimum atomic E-state index is -1.01. The Kier molecular flexibility index (Phi) is 4.51. The van der Waals surface area contributed by atoms with E-state index in [1.807, 2.05) is 0 Å². The van der Waals surface area contributed by atoms with Crippen LogP contribution in [0.25, 0.3) is 0 Å². The first-order valence-electron chi connectivity index (χ1n) is 7.16. The van der Waals surface area contributed by atoms with E-state index in [-0.39, 0.29) is 5.56 Å². The third-order valence-corrected chi connectivity index (χ3v) is 3.26. The maximum Gasteiger partial charge on any atom is 0.335 e. The Balaban J connectivity index is 1.74. The lowest BCUT2D eigenvalue weighted by Crippen LogP contribution is -2.00. The fraction of sp³-hybridized carbons (Fsp3) is 0. The smallest absolute Gasteiger partial charge is 0.335 e. The Hall–Kier alpha value is -3.55. The molecule has 0 spiro atoms. The number of halogens is 2. The molecule has 1 aromatic heterocycles. The summed E-state index contributed by atoms with van der Waals surface area (Å²) in [5.74, 6) is -2.07. The van der Waals surface area contributed by atoms with Gasteiger partial charge in [-0.1, -0.05) is 0 Å². The van der Waals surface area contributed by atoms with Gasteiger partial charge in [-0.2, -0.15) is 0 Å². The van der Waals surface area contributed by atoms with Crippen molar-refractivity contribution in [3.8, 4) is 0 Å². The Morgan fingerprint density at radius 3 is 2.04 bits per heavy atom. The molecule has 0 bridgehead atoms. The van der Waals surface area contributed by atoms with Crippen molar-refractivity contribution in [3.05, 3.63) is 72.1 Å². The monoisotopic (exact) mass is 342 g/mol. The summed E-state index contributed by atoms with van der Waals surface area (Å²) in [5.41, 5.74) is 1.16. The molecule has 126 valence electrons. The van der Waals surface area contributed by atoms with E-state index in [4.69, 9.17) is 5.11 Å². The first-order valence-corrected chi connectivity index (χ1v) is 7.16. The van der Waals surface area contributed by atoms with Gasteiger partial charge in [-0.25, -0.2) is 23.5 Å². The molecular formula is C17H12F2N4O2. The molecule has 3 aromatic rings. The molecular weight excluding hydrogens is 330 g/mol. The largest absolute Gasteiger partial charge is 0.478 e. The fourth-order valence-corrected chi connectivity index (χ4v) is 2.06. The molecule has 0 unspecified atom stereocenters. The van der Waals surface area contributed by atoms with Gasteiger partial charge in [0.15, 0.2) is 11.6 Å². The molecule has 0 aliphatic carbocycles. The average Bonchev–Trinajstić information content (AvgIpc) is 2.59. The quantitative estimate of drug-likeness (QED) is 0.651. The third kappa shape index (κ3) is 4.05. The summed E-state index contributed by atoms with van der Waals surface area (Å²) >= 11 is 0. The van der Waals surface area contributed by atoms with Crippen LogP contribution >= 0.6 is 0 Å². The number of carbonyl (C=O) groups is 1. The molecule has 3 rings (SSSR count). The predicted octanol–water partition coefficient (Wildman–Crippen LogP) is 3.94. The van der Waals surface area contributed by atoms with Crippen LogP contribution in [0, 0.1) is 11.6 Å². The maximum atomic E-state index is 13.2. The van der Waals surface area contributed by atoms with Crippen molar-refractivity contribution in [1.82, 2.24) is 9.97 Å². The molecule has 1 heterocycles.